The van der Waals surface area contributed by atoms with Crippen LogP contribution in [-0.2, 0) is 6.54 Å². The number of hydrogen-bond acceptors (Lipinski definition) is 2. The highest BCUT2D eigenvalue weighted by atomic mass is 15.2. The molecule has 1 saturated heterocycles. The summed E-state index contributed by atoms with van der Waals surface area (Å²) in [7, 11) is 0. The van der Waals surface area contributed by atoms with Gasteiger partial charge in [-0.2, -0.15) is 0 Å². The van der Waals surface area contributed by atoms with E-state index in [-0.39, 0.29) is 0 Å². The molecule has 2 nitrogen and oxygen atoms in total. The zero-order chi connectivity index (χ0) is 12.9. The second-order valence-electron chi connectivity index (χ2n) is 5.09. The van der Waals surface area contributed by atoms with Crippen LogP contribution in [-0.4, -0.2) is 31.1 Å². The normalized spacial score (nSPS) is 16.4. The Morgan fingerprint density at radius 1 is 0.842 bits per heavy atom. The third-order valence-corrected chi connectivity index (χ3v) is 3.65. The number of piperazine rings is 1. The molecule has 1 N–H and O–H groups in total. The Morgan fingerprint density at radius 3 is 2.37 bits per heavy atom. The minimum Gasteiger partial charge on any atom is -0.314 e. The predicted octanol–water partition coefficient (Wildman–Crippen LogP) is 2.76. The van der Waals surface area contributed by atoms with Crippen LogP contribution in [0.2, 0.25) is 0 Å². The van der Waals surface area contributed by atoms with Crippen LogP contribution < -0.4 is 5.32 Å². The zero-order valence-electron chi connectivity index (χ0n) is 11.2. The van der Waals surface area contributed by atoms with Crippen molar-refractivity contribution < 1.29 is 0 Å². The number of hydrogen-bond donors (Lipinski definition) is 1. The van der Waals surface area contributed by atoms with Gasteiger partial charge < -0.3 is 5.32 Å². The molecule has 2 aromatic rings. The van der Waals surface area contributed by atoms with Gasteiger partial charge in [0.1, 0.15) is 0 Å². The van der Waals surface area contributed by atoms with Crippen molar-refractivity contribution in [3.05, 3.63) is 60.2 Å². The predicted molar refractivity (Wildman–Crippen MR) is 80.0 cm³/mol. The lowest BCUT2D eigenvalue weighted by atomic mass is 10.0. The summed E-state index contributed by atoms with van der Waals surface area (Å²) in [6.07, 6.45) is 0. The fourth-order valence-electron chi connectivity index (χ4n) is 2.61. The fourth-order valence-corrected chi connectivity index (χ4v) is 2.61. The van der Waals surface area contributed by atoms with E-state index in [0.29, 0.717) is 0 Å². The molecule has 1 aliphatic heterocycles. The molecule has 0 saturated carbocycles. The van der Waals surface area contributed by atoms with E-state index >= 15 is 0 Å². The van der Waals surface area contributed by atoms with E-state index in [9.17, 15) is 0 Å². The number of nitrogens with zero attached hydrogens (tertiary/aromatic N) is 1. The van der Waals surface area contributed by atoms with Crippen LogP contribution in [0.5, 0.6) is 0 Å². The van der Waals surface area contributed by atoms with Crippen molar-refractivity contribution in [1.29, 1.82) is 0 Å². The zero-order valence-corrected chi connectivity index (χ0v) is 11.2. The molecule has 0 radical (unpaired) electrons. The summed E-state index contributed by atoms with van der Waals surface area (Å²) in [5, 5.41) is 3.40. The number of benzene rings is 2. The summed E-state index contributed by atoms with van der Waals surface area (Å²) in [6, 6.07) is 19.5. The first-order valence-corrected chi connectivity index (χ1v) is 6.99. The summed E-state index contributed by atoms with van der Waals surface area (Å²) in [5.41, 5.74) is 4.01. The highest BCUT2D eigenvalue weighted by Crippen LogP contribution is 2.20. The van der Waals surface area contributed by atoms with Crippen LogP contribution in [0.1, 0.15) is 5.56 Å². The number of rotatable bonds is 3. The standard InChI is InChI=1S/C17H20N2/c1-2-6-16(7-3-1)17-8-4-5-15(13-17)14-19-11-9-18-10-12-19/h1-8,13,18H,9-12,14H2. The first-order chi connectivity index (χ1) is 9.42. The molecule has 2 aromatic carbocycles. The van der Waals surface area contributed by atoms with E-state index in [2.05, 4.69) is 64.8 Å². The van der Waals surface area contributed by atoms with Gasteiger partial charge in [-0.1, -0.05) is 48.5 Å². The molecular weight excluding hydrogens is 232 g/mol. The lowest BCUT2D eigenvalue weighted by molar-refractivity contribution is 0.233. The Balaban J connectivity index is 1.76. The molecule has 1 fully saturated rings. The second kappa shape index (κ2) is 6.00. The highest BCUT2D eigenvalue weighted by Gasteiger charge is 2.10. The van der Waals surface area contributed by atoms with E-state index in [4.69, 9.17) is 0 Å². The molecule has 2 heteroatoms. The summed E-state index contributed by atoms with van der Waals surface area (Å²) >= 11 is 0. The molecule has 3 rings (SSSR count). The maximum Gasteiger partial charge on any atom is 0.0235 e. The van der Waals surface area contributed by atoms with Gasteiger partial charge in [-0.3, -0.25) is 4.90 Å². The monoisotopic (exact) mass is 252 g/mol. The van der Waals surface area contributed by atoms with E-state index in [1.54, 1.807) is 0 Å². The van der Waals surface area contributed by atoms with Gasteiger partial charge in [0.15, 0.2) is 0 Å². The van der Waals surface area contributed by atoms with E-state index < -0.39 is 0 Å². The molecule has 0 aliphatic carbocycles. The molecule has 1 aliphatic rings. The average Bonchev–Trinajstić information content (AvgIpc) is 2.49. The SMILES string of the molecule is c1ccc(-c2cccc(CN3CCNCC3)c2)cc1. The molecular formula is C17H20N2. The van der Waals surface area contributed by atoms with Crippen LogP contribution in [0, 0.1) is 0 Å². The summed E-state index contributed by atoms with van der Waals surface area (Å²) in [4.78, 5) is 2.51. The summed E-state index contributed by atoms with van der Waals surface area (Å²) < 4.78 is 0. The maximum atomic E-state index is 3.40. The van der Waals surface area contributed by atoms with Crippen molar-refractivity contribution >= 4 is 0 Å². The second-order valence-corrected chi connectivity index (χ2v) is 5.09. The fraction of sp³-hybridized carbons (Fsp3) is 0.294. The minimum atomic E-state index is 1.06. The lowest BCUT2D eigenvalue weighted by Gasteiger charge is -2.27. The van der Waals surface area contributed by atoms with Gasteiger partial charge in [0, 0.05) is 32.7 Å². The quantitative estimate of drug-likeness (QED) is 0.903. The summed E-state index contributed by atoms with van der Waals surface area (Å²) in [5.74, 6) is 0. The van der Waals surface area contributed by atoms with Crippen LogP contribution in [0.15, 0.2) is 54.6 Å². The van der Waals surface area contributed by atoms with Gasteiger partial charge in [-0.25, -0.2) is 0 Å². The van der Waals surface area contributed by atoms with Crippen LogP contribution in [0.3, 0.4) is 0 Å². The Kier molecular flexibility index (Phi) is 3.92. The van der Waals surface area contributed by atoms with Crippen LogP contribution in [0.25, 0.3) is 11.1 Å². The molecule has 0 spiro atoms. The Morgan fingerprint density at radius 2 is 1.58 bits per heavy atom. The molecule has 0 amide bonds. The van der Waals surface area contributed by atoms with Crippen LogP contribution in [0.4, 0.5) is 0 Å². The molecule has 0 unspecified atom stereocenters. The van der Waals surface area contributed by atoms with Crippen molar-refractivity contribution in [2.45, 2.75) is 6.54 Å². The topological polar surface area (TPSA) is 15.3 Å². The minimum absolute atomic E-state index is 1.06. The average molecular weight is 252 g/mol. The Hall–Kier alpha value is -1.64. The molecule has 0 aromatic heterocycles. The third-order valence-electron chi connectivity index (χ3n) is 3.65. The first-order valence-electron chi connectivity index (χ1n) is 6.99. The van der Waals surface area contributed by atoms with Crippen molar-refractivity contribution in [3.63, 3.8) is 0 Å². The van der Waals surface area contributed by atoms with Gasteiger partial charge in [0.05, 0.1) is 0 Å². The Labute approximate surface area is 115 Å². The molecule has 0 bridgehead atoms. The van der Waals surface area contributed by atoms with E-state index in [1.807, 2.05) is 0 Å². The lowest BCUT2D eigenvalue weighted by Crippen LogP contribution is -2.42. The van der Waals surface area contributed by atoms with Gasteiger partial charge in [-0.15, -0.1) is 0 Å². The van der Waals surface area contributed by atoms with Gasteiger partial charge in [-0.05, 0) is 22.8 Å². The third kappa shape index (κ3) is 3.22. The Bertz CT molecular complexity index is 516. The number of nitrogens with one attached hydrogen (secondary N) is 1. The molecule has 19 heavy (non-hydrogen) atoms. The van der Waals surface area contributed by atoms with Gasteiger partial charge >= 0.3 is 0 Å². The first kappa shape index (κ1) is 12.4. The smallest absolute Gasteiger partial charge is 0.0235 e. The molecule has 98 valence electrons. The van der Waals surface area contributed by atoms with Crippen LogP contribution >= 0.6 is 0 Å². The molecule has 1 heterocycles. The van der Waals surface area contributed by atoms with Gasteiger partial charge in [0.25, 0.3) is 0 Å². The van der Waals surface area contributed by atoms with Crippen molar-refractivity contribution in [3.8, 4) is 11.1 Å². The molecule has 0 atom stereocenters. The largest absolute Gasteiger partial charge is 0.314 e. The van der Waals surface area contributed by atoms with E-state index in [1.165, 1.54) is 16.7 Å². The van der Waals surface area contributed by atoms with Crippen molar-refractivity contribution in [2.24, 2.45) is 0 Å². The van der Waals surface area contributed by atoms with Crippen molar-refractivity contribution in [1.82, 2.24) is 10.2 Å². The van der Waals surface area contributed by atoms with Crippen molar-refractivity contribution in [2.75, 3.05) is 26.2 Å². The van der Waals surface area contributed by atoms with Gasteiger partial charge in [0.2, 0.25) is 0 Å². The maximum absolute atomic E-state index is 3.40. The van der Waals surface area contributed by atoms with E-state index in [0.717, 1.165) is 32.7 Å². The summed E-state index contributed by atoms with van der Waals surface area (Å²) in [6.45, 7) is 5.57. The highest BCUT2D eigenvalue weighted by molar-refractivity contribution is 5.63.